The Labute approximate surface area is 106 Å². The average Bonchev–Trinajstić information content (AvgIpc) is 2.67. The van der Waals surface area contributed by atoms with Crippen LogP contribution in [0.5, 0.6) is 0 Å². The number of amides is 2. The molecule has 0 bridgehead atoms. The molecule has 1 heterocycles. The zero-order valence-corrected chi connectivity index (χ0v) is 10.1. The summed E-state index contributed by atoms with van der Waals surface area (Å²) in [6, 6.07) is -2.39. The number of imide groups is 1. The van der Waals surface area contributed by atoms with Crippen molar-refractivity contribution < 1.29 is 29.4 Å². The minimum absolute atomic E-state index is 0.00485. The van der Waals surface area contributed by atoms with E-state index in [1.807, 2.05) is 0 Å². The number of nitrogens with zero attached hydrogens (tertiary/aromatic N) is 1. The Hall–Kier alpha value is -1.61. The van der Waals surface area contributed by atoms with Crippen molar-refractivity contribution in [2.24, 2.45) is 5.73 Å². The molecule has 2 amide bonds. The van der Waals surface area contributed by atoms with Gasteiger partial charge in [-0.05, 0) is 6.42 Å². The summed E-state index contributed by atoms with van der Waals surface area (Å²) in [6.45, 7) is 0. The third-order valence-corrected chi connectivity index (χ3v) is 3.34. The number of thioether (sulfide) groups is 1. The highest BCUT2D eigenvalue weighted by Crippen LogP contribution is 2.25. The fourth-order valence-electron chi connectivity index (χ4n) is 1.40. The van der Waals surface area contributed by atoms with Crippen LogP contribution < -0.4 is 5.73 Å². The van der Waals surface area contributed by atoms with E-state index in [4.69, 9.17) is 15.9 Å². The summed E-state index contributed by atoms with van der Waals surface area (Å²) in [4.78, 5) is 45.0. The van der Waals surface area contributed by atoms with E-state index in [9.17, 15) is 19.2 Å². The fraction of sp³-hybridized carbons (Fsp3) is 0.556. The number of carboxylic acids is 2. The second kappa shape index (κ2) is 5.83. The summed E-state index contributed by atoms with van der Waals surface area (Å²) in [5.74, 6) is -3.22. The molecule has 9 heteroatoms. The van der Waals surface area contributed by atoms with Gasteiger partial charge in [0, 0.05) is 12.2 Å². The van der Waals surface area contributed by atoms with E-state index in [-0.39, 0.29) is 18.6 Å². The van der Waals surface area contributed by atoms with E-state index < -0.39 is 35.2 Å². The summed E-state index contributed by atoms with van der Waals surface area (Å²) in [5, 5.41) is 16.7. The Morgan fingerprint density at radius 3 is 2.56 bits per heavy atom. The van der Waals surface area contributed by atoms with E-state index >= 15 is 0 Å². The predicted molar refractivity (Wildman–Crippen MR) is 61.0 cm³/mol. The highest BCUT2D eigenvalue weighted by molar-refractivity contribution is 8.14. The Balaban J connectivity index is 2.62. The van der Waals surface area contributed by atoms with E-state index in [1.54, 1.807) is 0 Å². The number of carboxylic acid groups (broad SMARTS) is 2. The molecular formula is C9H12N2O6S. The Kier molecular flexibility index (Phi) is 4.68. The maximum Gasteiger partial charge on any atom is 0.327 e. The van der Waals surface area contributed by atoms with Gasteiger partial charge in [0.15, 0.2) is 0 Å². The molecule has 18 heavy (non-hydrogen) atoms. The minimum atomic E-state index is -1.26. The smallest absolute Gasteiger partial charge is 0.327 e. The van der Waals surface area contributed by atoms with Crippen molar-refractivity contribution >= 4 is 34.8 Å². The second-order valence-corrected chi connectivity index (χ2v) is 4.65. The largest absolute Gasteiger partial charge is 0.480 e. The van der Waals surface area contributed by atoms with E-state index in [2.05, 4.69) is 0 Å². The standard InChI is InChI=1S/C9H12N2O6S/c10-4(7(13)14)1-2-6(12)11-5(8(15)16)3-18-9(11)17/h4-5H,1-3,10H2,(H,13,14)(H,15,16). The van der Waals surface area contributed by atoms with Gasteiger partial charge in [0.25, 0.3) is 5.24 Å². The first-order valence-electron chi connectivity index (χ1n) is 5.04. The van der Waals surface area contributed by atoms with Crippen LogP contribution in [0.3, 0.4) is 0 Å². The van der Waals surface area contributed by atoms with Gasteiger partial charge >= 0.3 is 11.9 Å². The molecule has 1 saturated heterocycles. The van der Waals surface area contributed by atoms with Gasteiger partial charge in [0.1, 0.15) is 12.1 Å². The lowest BCUT2D eigenvalue weighted by atomic mass is 10.1. The monoisotopic (exact) mass is 276 g/mol. The molecule has 100 valence electrons. The third kappa shape index (κ3) is 3.20. The van der Waals surface area contributed by atoms with Crippen LogP contribution in [0.1, 0.15) is 12.8 Å². The SMILES string of the molecule is NC(CCC(=O)N1C(=O)SCC1C(=O)O)C(=O)O. The van der Waals surface area contributed by atoms with Crippen LogP contribution in [0.4, 0.5) is 4.79 Å². The molecule has 1 aliphatic rings. The van der Waals surface area contributed by atoms with Crippen molar-refractivity contribution in [3.8, 4) is 0 Å². The van der Waals surface area contributed by atoms with Crippen molar-refractivity contribution in [1.29, 1.82) is 0 Å². The van der Waals surface area contributed by atoms with Crippen LogP contribution >= 0.6 is 11.8 Å². The summed E-state index contributed by atoms with van der Waals surface area (Å²) in [5.41, 5.74) is 5.22. The van der Waals surface area contributed by atoms with Crippen LogP contribution in [0, 0.1) is 0 Å². The summed E-state index contributed by atoms with van der Waals surface area (Å²) < 4.78 is 0. The second-order valence-electron chi connectivity index (χ2n) is 3.68. The fourth-order valence-corrected chi connectivity index (χ4v) is 2.36. The number of nitrogens with two attached hydrogens (primary N) is 1. The molecule has 0 aromatic rings. The molecule has 2 unspecified atom stereocenters. The molecule has 0 spiro atoms. The van der Waals surface area contributed by atoms with Crippen molar-refractivity contribution in [1.82, 2.24) is 4.90 Å². The molecule has 8 nitrogen and oxygen atoms in total. The highest BCUT2D eigenvalue weighted by Gasteiger charge is 2.40. The number of aliphatic carboxylic acids is 2. The zero-order valence-electron chi connectivity index (χ0n) is 9.24. The van der Waals surface area contributed by atoms with Crippen LogP contribution in [0.25, 0.3) is 0 Å². The molecule has 4 N–H and O–H groups in total. The topological polar surface area (TPSA) is 138 Å². The highest BCUT2D eigenvalue weighted by atomic mass is 32.2. The van der Waals surface area contributed by atoms with Gasteiger partial charge in [-0.15, -0.1) is 0 Å². The molecule has 1 aliphatic heterocycles. The zero-order chi connectivity index (χ0) is 13.9. The molecule has 1 rings (SSSR count). The normalized spacial score (nSPS) is 20.8. The Morgan fingerprint density at radius 1 is 1.44 bits per heavy atom. The van der Waals surface area contributed by atoms with Gasteiger partial charge in [0.2, 0.25) is 5.91 Å². The molecular weight excluding hydrogens is 264 g/mol. The third-order valence-electron chi connectivity index (χ3n) is 2.41. The molecule has 2 atom stereocenters. The van der Waals surface area contributed by atoms with Crippen molar-refractivity contribution in [2.75, 3.05) is 5.75 Å². The van der Waals surface area contributed by atoms with Crippen LogP contribution in [0.15, 0.2) is 0 Å². The Bertz CT molecular complexity index is 399. The van der Waals surface area contributed by atoms with Crippen molar-refractivity contribution in [2.45, 2.75) is 24.9 Å². The number of carbonyl (C=O) groups excluding carboxylic acids is 2. The molecule has 0 saturated carbocycles. The lowest BCUT2D eigenvalue weighted by Crippen LogP contribution is -2.44. The van der Waals surface area contributed by atoms with Crippen molar-refractivity contribution in [3.05, 3.63) is 0 Å². The lowest BCUT2D eigenvalue weighted by Gasteiger charge is -2.18. The van der Waals surface area contributed by atoms with E-state index in [0.717, 1.165) is 11.8 Å². The minimum Gasteiger partial charge on any atom is -0.480 e. The molecule has 1 fully saturated rings. The van der Waals surface area contributed by atoms with E-state index in [1.165, 1.54) is 0 Å². The van der Waals surface area contributed by atoms with Crippen molar-refractivity contribution in [3.63, 3.8) is 0 Å². The number of hydrogen-bond acceptors (Lipinski definition) is 6. The number of hydrogen-bond donors (Lipinski definition) is 3. The maximum absolute atomic E-state index is 11.7. The van der Waals surface area contributed by atoms with Crippen LogP contribution in [-0.2, 0) is 14.4 Å². The average molecular weight is 276 g/mol. The number of rotatable bonds is 5. The lowest BCUT2D eigenvalue weighted by molar-refractivity contribution is -0.146. The van der Waals surface area contributed by atoms with E-state index in [0.29, 0.717) is 4.90 Å². The quantitative estimate of drug-likeness (QED) is 0.600. The van der Waals surface area contributed by atoms with Gasteiger partial charge in [-0.25, -0.2) is 4.79 Å². The molecule has 0 radical (unpaired) electrons. The first kappa shape index (κ1) is 14.5. The summed E-state index contributed by atoms with van der Waals surface area (Å²) >= 11 is 0.748. The molecule has 0 aliphatic carbocycles. The first-order valence-corrected chi connectivity index (χ1v) is 6.03. The van der Waals surface area contributed by atoms with Gasteiger partial charge in [-0.3, -0.25) is 19.3 Å². The maximum atomic E-state index is 11.7. The van der Waals surface area contributed by atoms with Gasteiger partial charge in [-0.2, -0.15) is 0 Å². The van der Waals surface area contributed by atoms with Gasteiger partial charge in [-0.1, -0.05) is 11.8 Å². The number of carbonyl (C=O) groups is 4. The van der Waals surface area contributed by atoms with Crippen LogP contribution in [-0.4, -0.2) is 56.0 Å². The van der Waals surface area contributed by atoms with Crippen LogP contribution in [0.2, 0.25) is 0 Å². The van der Waals surface area contributed by atoms with Gasteiger partial charge < -0.3 is 15.9 Å². The summed E-state index contributed by atoms with van der Waals surface area (Å²) in [7, 11) is 0. The predicted octanol–water partition coefficient (Wildman–Crippen LogP) is -0.673. The first-order chi connectivity index (χ1) is 8.34. The molecule has 0 aromatic heterocycles. The molecule has 0 aromatic carbocycles. The van der Waals surface area contributed by atoms with Gasteiger partial charge in [0.05, 0.1) is 0 Å². The Morgan fingerprint density at radius 2 is 2.06 bits per heavy atom. The summed E-state index contributed by atoms with van der Waals surface area (Å²) in [6.07, 6.45) is -0.418.